The summed E-state index contributed by atoms with van der Waals surface area (Å²) in [6, 6.07) is 12.1. The molecule has 1 aliphatic rings. The molecule has 1 unspecified atom stereocenters. The third kappa shape index (κ3) is 4.55. The zero-order valence-corrected chi connectivity index (χ0v) is 18.3. The number of hydrogen-bond donors (Lipinski definition) is 2. The van der Waals surface area contributed by atoms with Gasteiger partial charge < -0.3 is 15.3 Å². The second kappa shape index (κ2) is 8.62. The number of nitriles is 1. The van der Waals surface area contributed by atoms with E-state index in [0.717, 1.165) is 11.1 Å². The molecule has 4 rings (SSSR count). The Balaban J connectivity index is 1.77. The van der Waals surface area contributed by atoms with E-state index in [1.54, 1.807) is 23.1 Å². The predicted molar refractivity (Wildman–Crippen MR) is 121 cm³/mol. The van der Waals surface area contributed by atoms with Crippen molar-refractivity contribution in [3.8, 4) is 6.07 Å². The van der Waals surface area contributed by atoms with Crippen molar-refractivity contribution in [1.82, 2.24) is 9.97 Å². The van der Waals surface area contributed by atoms with Crippen LogP contribution in [0.2, 0.25) is 0 Å². The summed E-state index contributed by atoms with van der Waals surface area (Å²) >= 11 is 0. The highest BCUT2D eigenvalue weighted by atomic mass is 19.3. The molecular weight excluding hydrogens is 428 g/mol. The summed E-state index contributed by atoms with van der Waals surface area (Å²) in [6.07, 6.45) is -0.607. The highest BCUT2D eigenvalue weighted by molar-refractivity contribution is 5.94. The molecule has 0 saturated carbocycles. The molecule has 9 heteroatoms. The first-order chi connectivity index (χ1) is 15.7. The molecule has 33 heavy (non-hydrogen) atoms. The number of carboxylic acid groups (broad SMARTS) is 1. The van der Waals surface area contributed by atoms with Crippen molar-refractivity contribution in [2.75, 3.05) is 23.3 Å². The van der Waals surface area contributed by atoms with Gasteiger partial charge in [-0.05, 0) is 37.6 Å². The molecule has 7 nitrogen and oxygen atoms in total. The lowest BCUT2D eigenvalue weighted by atomic mass is 10.0. The summed E-state index contributed by atoms with van der Waals surface area (Å²) in [5, 5.41) is 22.4. The van der Waals surface area contributed by atoms with Crippen molar-refractivity contribution >= 4 is 28.5 Å². The van der Waals surface area contributed by atoms with Crippen LogP contribution in [0, 0.1) is 18.3 Å². The van der Waals surface area contributed by atoms with E-state index in [0.29, 0.717) is 22.5 Å². The maximum atomic E-state index is 13.7. The Hall–Kier alpha value is -3.80. The van der Waals surface area contributed by atoms with Crippen LogP contribution in [0.25, 0.3) is 11.0 Å². The lowest BCUT2D eigenvalue weighted by molar-refractivity contribution is -0.0221. The average molecular weight is 451 g/mol. The highest BCUT2D eigenvalue weighted by Crippen LogP contribution is 2.33. The van der Waals surface area contributed by atoms with Gasteiger partial charge in [0.05, 0.1) is 22.6 Å². The average Bonchev–Trinajstić information content (AvgIpc) is 2.78. The van der Waals surface area contributed by atoms with Crippen LogP contribution in [-0.4, -0.2) is 40.1 Å². The number of nitrogens with zero attached hydrogens (tertiary/aromatic N) is 4. The van der Waals surface area contributed by atoms with E-state index in [1.165, 1.54) is 6.07 Å². The summed E-state index contributed by atoms with van der Waals surface area (Å²) in [5.41, 5.74) is 3.45. The number of fused-ring (bicyclic) bond motifs is 1. The summed E-state index contributed by atoms with van der Waals surface area (Å²) in [4.78, 5) is 22.5. The number of benzene rings is 2. The third-order valence-electron chi connectivity index (χ3n) is 5.82. The summed E-state index contributed by atoms with van der Waals surface area (Å²) in [6.45, 7) is 3.95. The first-order valence-electron chi connectivity index (χ1n) is 10.6. The van der Waals surface area contributed by atoms with Gasteiger partial charge in [-0.1, -0.05) is 18.2 Å². The number of anilines is 2. The molecule has 0 amide bonds. The molecule has 0 bridgehead atoms. The molecule has 1 fully saturated rings. The first-order valence-corrected chi connectivity index (χ1v) is 10.6. The number of rotatable bonds is 5. The van der Waals surface area contributed by atoms with E-state index in [1.807, 2.05) is 32.0 Å². The molecule has 2 N–H and O–H groups in total. The number of carboxylic acids is 1. The number of para-hydroxylation sites is 1. The molecule has 0 spiro atoms. The Morgan fingerprint density at radius 2 is 1.94 bits per heavy atom. The van der Waals surface area contributed by atoms with E-state index in [9.17, 15) is 23.9 Å². The Kier molecular flexibility index (Phi) is 5.85. The molecule has 1 saturated heterocycles. The van der Waals surface area contributed by atoms with E-state index >= 15 is 0 Å². The van der Waals surface area contributed by atoms with Gasteiger partial charge in [0.2, 0.25) is 0 Å². The van der Waals surface area contributed by atoms with Crippen molar-refractivity contribution in [2.24, 2.45) is 0 Å². The van der Waals surface area contributed by atoms with Crippen LogP contribution in [-0.2, 0) is 0 Å². The maximum Gasteiger partial charge on any atom is 0.337 e. The van der Waals surface area contributed by atoms with E-state index in [-0.39, 0.29) is 43.2 Å². The lowest BCUT2D eigenvalue weighted by Gasteiger charge is -2.33. The molecule has 0 aliphatic carbocycles. The van der Waals surface area contributed by atoms with Gasteiger partial charge in [-0.2, -0.15) is 5.26 Å². The molecule has 170 valence electrons. The summed E-state index contributed by atoms with van der Waals surface area (Å²) in [5.74, 6) is -3.46. The quantitative estimate of drug-likeness (QED) is 0.568. The van der Waals surface area contributed by atoms with Gasteiger partial charge in [-0.15, -0.1) is 0 Å². The number of aromatic carboxylic acids is 1. The Bertz CT molecular complexity index is 1260. The lowest BCUT2D eigenvalue weighted by Crippen LogP contribution is -2.40. The zero-order valence-electron chi connectivity index (χ0n) is 18.3. The van der Waals surface area contributed by atoms with Crippen LogP contribution in [0.15, 0.2) is 36.4 Å². The van der Waals surface area contributed by atoms with Gasteiger partial charge in [0.15, 0.2) is 11.5 Å². The van der Waals surface area contributed by atoms with Crippen LogP contribution in [0.3, 0.4) is 0 Å². The SMILES string of the molecule is Cc1cc(C(C)Nc2ccccc2C(=O)O)c2nc(N3CCC(F)(F)CC3)c(C#N)nc2c1. The molecule has 0 radical (unpaired) electrons. The number of piperidine rings is 1. The predicted octanol–water partition coefficient (Wildman–Crippen LogP) is 4.92. The second-order valence-electron chi connectivity index (χ2n) is 8.29. The fourth-order valence-electron chi connectivity index (χ4n) is 4.10. The van der Waals surface area contributed by atoms with Gasteiger partial charge in [0.1, 0.15) is 6.07 Å². The van der Waals surface area contributed by atoms with Crippen LogP contribution in [0.4, 0.5) is 20.3 Å². The summed E-state index contributed by atoms with van der Waals surface area (Å²) < 4.78 is 27.3. The Labute approximate surface area is 189 Å². The number of carbonyl (C=O) groups is 1. The van der Waals surface area contributed by atoms with Gasteiger partial charge in [-0.25, -0.2) is 23.5 Å². The third-order valence-corrected chi connectivity index (χ3v) is 5.82. The Morgan fingerprint density at radius 3 is 2.61 bits per heavy atom. The minimum Gasteiger partial charge on any atom is -0.478 e. The van der Waals surface area contributed by atoms with Gasteiger partial charge in [0, 0.05) is 37.2 Å². The van der Waals surface area contributed by atoms with E-state index < -0.39 is 11.9 Å². The van der Waals surface area contributed by atoms with Gasteiger partial charge >= 0.3 is 5.97 Å². The van der Waals surface area contributed by atoms with Crippen molar-refractivity contribution in [3.05, 3.63) is 58.8 Å². The summed E-state index contributed by atoms with van der Waals surface area (Å²) in [7, 11) is 0. The van der Waals surface area contributed by atoms with Crippen LogP contribution in [0.1, 0.15) is 53.0 Å². The van der Waals surface area contributed by atoms with Crippen molar-refractivity contribution in [2.45, 2.75) is 38.7 Å². The van der Waals surface area contributed by atoms with E-state index in [4.69, 9.17) is 4.98 Å². The number of nitrogens with one attached hydrogen (secondary N) is 1. The number of alkyl halides is 2. The van der Waals surface area contributed by atoms with E-state index in [2.05, 4.69) is 10.3 Å². The molecule has 3 aromatic rings. The largest absolute Gasteiger partial charge is 0.478 e. The van der Waals surface area contributed by atoms with Crippen LogP contribution in [0.5, 0.6) is 0 Å². The smallest absolute Gasteiger partial charge is 0.337 e. The maximum absolute atomic E-state index is 13.7. The zero-order chi connectivity index (χ0) is 23.8. The molecule has 1 atom stereocenters. The fourth-order valence-corrected chi connectivity index (χ4v) is 4.10. The monoisotopic (exact) mass is 451 g/mol. The van der Waals surface area contributed by atoms with Crippen molar-refractivity contribution in [3.63, 3.8) is 0 Å². The molecule has 1 aliphatic heterocycles. The van der Waals surface area contributed by atoms with Crippen molar-refractivity contribution < 1.29 is 18.7 Å². The fraction of sp³-hybridized carbons (Fsp3) is 0.333. The molecule has 1 aromatic heterocycles. The number of halogens is 2. The number of hydrogen-bond acceptors (Lipinski definition) is 6. The second-order valence-corrected chi connectivity index (χ2v) is 8.29. The molecule has 2 aromatic carbocycles. The standard InChI is InChI=1S/C24H23F2N5O2/c1-14-11-17(15(2)28-18-6-4-3-5-16(18)23(32)33)21-19(12-14)29-20(13-27)22(30-21)31-9-7-24(25,26)8-10-31/h3-6,11-12,15,28H,7-10H2,1-2H3,(H,32,33). The molecule has 2 heterocycles. The molecular formula is C24H23F2N5O2. The highest BCUT2D eigenvalue weighted by Gasteiger charge is 2.35. The first kappa shape index (κ1) is 22.4. The topological polar surface area (TPSA) is 102 Å². The Morgan fingerprint density at radius 1 is 1.24 bits per heavy atom. The van der Waals surface area contributed by atoms with Crippen molar-refractivity contribution in [1.29, 1.82) is 5.26 Å². The normalized spacial score (nSPS) is 16.3. The van der Waals surface area contributed by atoms with Crippen LogP contribution >= 0.6 is 0 Å². The number of aryl methyl sites for hydroxylation is 1. The van der Waals surface area contributed by atoms with Crippen LogP contribution < -0.4 is 10.2 Å². The minimum atomic E-state index is -2.72. The minimum absolute atomic E-state index is 0.0862. The van der Waals surface area contributed by atoms with Gasteiger partial charge in [-0.3, -0.25) is 0 Å². The number of aromatic nitrogens is 2. The van der Waals surface area contributed by atoms with Gasteiger partial charge in [0.25, 0.3) is 5.92 Å².